The van der Waals surface area contributed by atoms with Crippen molar-refractivity contribution in [3.8, 4) is 0 Å². The number of hydrogen-bond donors (Lipinski definition) is 3. The average Bonchev–Trinajstić information content (AvgIpc) is 2.80. The summed E-state index contributed by atoms with van der Waals surface area (Å²) in [6, 6.07) is 6.76. The molecular weight excluding hydrogens is 268 g/mol. The van der Waals surface area contributed by atoms with Gasteiger partial charge in [0.15, 0.2) is 0 Å². The molecule has 0 radical (unpaired) electrons. The molecule has 0 aliphatic heterocycles. The summed E-state index contributed by atoms with van der Waals surface area (Å²) in [5, 5.41) is 12.9. The van der Waals surface area contributed by atoms with Crippen LogP contribution in [0.25, 0.3) is 10.9 Å². The molecule has 3 N–H and O–H groups in total. The van der Waals surface area contributed by atoms with Crippen molar-refractivity contribution in [1.82, 2.24) is 10.3 Å². The van der Waals surface area contributed by atoms with Gasteiger partial charge in [-0.15, -0.1) is 0 Å². The highest BCUT2D eigenvalue weighted by atomic mass is 16.4. The number of para-hydroxylation sites is 1. The second-order valence-corrected chi connectivity index (χ2v) is 6.18. The number of nitrogens with one attached hydrogen (secondary N) is 2. The van der Waals surface area contributed by atoms with Crippen molar-refractivity contribution in [2.24, 2.45) is 5.41 Å². The Labute approximate surface area is 123 Å². The molecule has 0 bridgehead atoms. The number of amides is 1. The molecule has 2 aromatic rings. The van der Waals surface area contributed by atoms with Gasteiger partial charge in [0.05, 0.1) is 0 Å². The van der Waals surface area contributed by atoms with E-state index in [4.69, 9.17) is 0 Å². The second kappa shape index (κ2) is 5.60. The Morgan fingerprint density at radius 3 is 2.57 bits per heavy atom. The van der Waals surface area contributed by atoms with Gasteiger partial charge in [-0.25, -0.2) is 4.79 Å². The summed E-state index contributed by atoms with van der Waals surface area (Å²) >= 11 is 0. The summed E-state index contributed by atoms with van der Waals surface area (Å²) in [5.74, 6) is -1.30. The summed E-state index contributed by atoms with van der Waals surface area (Å²) in [6.45, 7) is 5.27. The lowest BCUT2D eigenvalue weighted by Gasteiger charge is -2.21. The normalized spacial score (nSPS) is 13.1. The van der Waals surface area contributed by atoms with E-state index in [1.807, 2.05) is 24.3 Å². The first kappa shape index (κ1) is 15.1. The van der Waals surface area contributed by atoms with Gasteiger partial charge in [0.25, 0.3) is 0 Å². The van der Waals surface area contributed by atoms with Crippen LogP contribution in [-0.4, -0.2) is 28.0 Å². The van der Waals surface area contributed by atoms with Crippen LogP contribution in [0.1, 0.15) is 26.3 Å². The number of H-pyrrole nitrogens is 1. The number of carbonyl (C=O) groups excluding carboxylic acids is 1. The van der Waals surface area contributed by atoms with Gasteiger partial charge in [-0.2, -0.15) is 0 Å². The van der Waals surface area contributed by atoms with Crippen molar-refractivity contribution < 1.29 is 14.7 Å². The van der Waals surface area contributed by atoms with Crippen LogP contribution in [0.2, 0.25) is 0 Å². The molecule has 0 saturated carbocycles. The molecule has 1 amide bonds. The molecule has 1 aromatic heterocycles. The van der Waals surface area contributed by atoms with Crippen molar-refractivity contribution in [2.75, 3.05) is 0 Å². The third kappa shape index (κ3) is 3.42. The number of rotatable bonds is 4. The van der Waals surface area contributed by atoms with Gasteiger partial charge in [-0.3, -0.25) is 4.79 Å². The molecule has 0 fully saturated rings. The number of carboxylic acid groups (broad SMARTS) is 1. The van der Waals surface area contributed by atoms with Crippen LogP contribution in [-0.2, 0) is 16.0 Å². The summed E-state index contributed by atoms with van der Waals surface area (Å²) in [7, 11) is 0. The fraction of sp³-hybridized carbons (Fsp3) is 0.375. The summed E-state index contributed by atoms with van der Waals surface area (Å²) in [6.07, 6.45) is 2.05. The number of aromatic nitrogens is 1. The van der Waals surface area contributed by atoms with Crippen LogP contribution < -0.4 is 5.32 Å². The molecule has 112 valence electrons. The Hall–Kier alpha value is -2.30. The fourth-order valence-electron chi connectivity index (χ4n) is 2.10. The minimum Gasteiger partial charge on any atom is -0.480 e. The number of aromatic amines is 1. The van der Waals surface area contributed by atoms with Crippen molar-refractivity contribution >= 4 is 22.8 Å². The molecule has 1 atom stereocenters. The zero-order chi connectivity index (χ0) is 15.6. The zero-order valence-corrected chi connectivity index (χ0v) is 12.4. The van der Waals surface area contributed by atoms with Crippen LogP contribution in [0.5, 0.6) is 0 Å². The summed E-state index contributed by atoms with van der Waals surface area (Å²) < 4.78 is 0. The Bertz CT molecular complexity index is 667. The van der Waals surface area contributed by atoms with E-state index in [9.17, 15) is 14.7 Å². The average molecular weight is 288 g/mol. The smallest absolute Gasteiger partial charge is 0.326 e. The number of aliphatic carboxylic acids is 1. The Balaban J connectivity index is 2.21. The van der Waals surface area contributed by atoms with Gasteiger partial charge in [0.2, 0.25) is 5.91 Å². The van der Waals surface area contributed by atoms with Gasteiger partial charge in [0.1, 0.15) is 6.04 Å². The highest BCUT2D eigenvalue weighted by Gasteiger charge is 2.28. The third-order valence-corrected chi connectivity index (χ3v) is 3.38. The van der Waals surface area contributed by atoms with Crippen LogP contribution in [0.15, 0.2) is 30.5 Å². The largest absolute Gasteiger partial charge is 0.480 e. The Morgan fingerprint density at radius 2 is 1.95 bits per heavy atom. The van der Waals surface area contributed by atoms with E-state index in [0.717, 1.165) is 16.5 Å². The highest BCUT2D eigenvalue weighted by Crippen LogP contribution is 2.20. The van der Waals surface area contributed by atoms with Gasteiger partial charge >= 0.3 is 5.97 Å². The third-order valence-electron chi connectivity index (χ3n) is 3.38. The monoisotopic (exact) mass is 288 g/mol. The van der Waals surface area contributed by atoms with Crippen molar-refractivity contribution in [1.29, 1.82) is 0 Å². The number of hydrogen-bond acceptors (Lipinski definition) is 2. The lowest BCUT2D eigenvalue weighted by atomic mass is 9.94. The summed E-state index contributed by atoms with van der Waals surface area (Å²) in [4.78, 5) is 26.5. The molecule has 21 heavy (non-hydrogen) atoms. The first-order chi connectivity index (χ1) is 9.79. The van der Waals surface area contributed by atoms with Gasteiger partial charge in [0, 0.05) is 28.9 Å². The van der Waals surface area contributed by atoms with E-state index < -0.39 is 17.4 Å². The predicted octanol–water partition coefficient (Wildman–Crippen LogP) is 2.33. The lowest BCUT2D eigenvalue weighted by molar-refractivity contribution is -0.143. The van der Waals surface area contributed by atoms with E-state index in [-0.39, 0.29) is 12.3 Å². The molecule has 0 aliphatic rings. The van der Waals surface area contributed by atoms with Crippen molar-refractivity contribution in [2.45, 2.75) is 33.2 Å². The fourth-order valence-corrected chi connectivity index (χ4v) is 2.10. The highest BCUT2D eigenvalue weighted by molar-refractivity contribution is 5.88. The maximum atomic E-state index is 12.0. The molecule has 1 aromatic carbocycles. The van der Waals surface area contributed by atoms with E-state index in [1.165, 1.54) is 0 Å². The number of benzene rings is 1. The Kier molecular flexibility index (Phi) is 4.02. The maximum absolute atomic E-state index is 12.0. The lowest BCUT2D eigenvalue weighted by Crippen LogP contribution is -2.46. The molecule has 0 aliphatic carbocycles. The van der Waals surface area contributed by atoms with E-state index >= 15 is 0 Å². The molecule has 0 unspecified atom stereocenters. The topological polar surface area (TPSA) is 82.2 Å². The standard InChI is InChI=1S/C16H20N2O3/c1-16(2,3)15(21)18-13(14(19)20)8-10-9-17-12-7-5-4-6-11(10)12/h4-7,9,13,17H,8H2,1-3H3,(H,18,21)(H,19,20)/t13-/m1/s1. The van der Waals surface area contributed by atoms with Gasteiger partial charge in [-0.1, -0.05) is 39.0 Å². The van der Waals surface area contributed by atoms with Gasteiger partial charge in [-0.05, 0) is 11.6 Å². The first-order valence-electron chi connectivity index (χ1n) is 6.88. The molecule has 0 spiro atoms. The first-order valence-corrected chi connectivity index (χ1v) is 6.88. The van der Waals surface area contributed by atoms with Crippen molar-refractivity contribution in [3.63, 3.8) is 0 Å². The van der Waals surface area contributed by atoms with Crippen LogP contribution in [0.3, 0.4) is 0 Å². The molecular formula is C16H20N2O3. The SMILES string of the molecule is CC(C)(C)C(=O)N[C@H](Cc1c[nH]c2ccccc12)C(=O)O. The zero-order valence-electron chi connectivity index (χ0n) is 12.4. The quantitative estimate of drug-likeness (QED) is 0.807. The maximum Gasteiger partial charge on any atom is 0.326 e. The molecule has 5 nitrogen and oxygen atoms in total. The van der Waals surface area contributed by atoms with Gasteiger partial charge < -0.3 is 15.4 Å². The van der Waals surface area contributed by atoms with E-state index in [1.54, 1.807) is 27.0 Å². The molecule has 0 saturated heterocycles. The Morgan fingerprint density at radius 1 is 1.29 bits per heavy atom. The van der Waals surface area contributed by atoms with Crippen LogP contribution in [0.4, 0.5) is 0 Å². The number of carboxylic acids is 1. The minimum atomic E-state index is -1.03. The van der Waals surface area contributed by atoms with Crippen LogP contribution in [0, 0.1) is 5.41 Å². The van der Waals surface area contributed by atoms with E-state index in [0.29, 0.717) is 0 Å². The molecule has 5 heteroatoms. The van der Waals surface area contributed by atoms with Crippen LogP contribution >= 0.6 is 0 Å². The minimum absolute atomic E-state index is 0.251. The van der Waals surface area contributed by atoms with Crippen molar-refractivity contribution in [3.05, 3.63) is 36.0 Å². The predicted molar refractivity (Wildman–Crippen MR) is 81.0 cm³/mol. The second-order valence-electron chi connectivity index (χ2n) is 6.18. The summed E-state index contributed by atoms with van der Waals surface area (Å²) in [5.41, 5.74) is 1.22. The number of fused-ring (bicyclic) bond motifs is 1. The molecule has 2 rings (SSSR count). The number of carbonyl (C=O) groups is 2. The molecule has 1 heterocycles. The van der Waals surface area contributed by atoms with E-state index in [2.05, 4.69) is 10.3 Å².